The largest absolute Gasteiger partial charge is 0.497 e. The summed E-state index contributed by atoms with van der Waals surface area (Å²) in [5, 5.41) is 29.5. The summed E-state index contributed by atoms with van der Waals surface area (Å²) in [6, 6.07) is 9.45. The van der Waals surface area contributed by atoms with E-state index in [9.17, 15) is 10.2 Å². The number of benzene rings is 1. The van der Waals surface area contributed by atoms with Crippen molar-refractivity contribution in [1.82, 2.24) is 20.1 Å². The Balaban J connectivity index is 1.34. The van der Waals surface area contributed by atoms with E-state index in [0.29, 0.717) is 18.9 Å². The lowest BCUT2D eigenvalue weighted by atomic mass is 9.81. The monoisotopic (exact) mass is 446 g/mol. The van der Waals surface area contributed by atoms with Crippen LogP contribution in [-0.4, -0.2) is 63.6 Å². The van der Waals surface area contributed by atoms with Crippen LogP contribution in [0.5, 0.6) is 5.75 Å². The maximum atomic E-state index is 11.0. The highest BCUT2D eigenvalue weighted by Gasteiger charge is 2.29. The fourth-order valence-corrected chi connectivity index (χ4v) is 4.60. The van der Waals surface area contributed by atoms with Gasteiger partial charge in [0.25, 0.3) is 0 Å². The summed E-state index contributed by atoms with van der Waals surface area (Å²) >= 11 is 0. The van der Waals surface area contributed by atoms with Crippen LogP contribution in [0.25, 0.3) is 10.9 Å². The second-order valence-electron chi connectivity index (χ2n) is 8.54. The molecule has 172 valence electrons. The zero-order chi connectivity index (χ0) is 23.0. The number of fused-ring (bicyclic) bond motifs is 1. The molecule has 3 atom stereocenters. The quantitative estimate of drug-likeness (QED) is 0.539. The van der Waals surface area contributed by atoms with Crippen molar-refractivity contribution in [2.45, 2.75) is 25.4 Å². The van der Waals surface area contributed by atoms with E-state index in [0.717, 1.165) is 53.7 Å². The van der Waals surface area contributed by atoms with Crippen LogP contribution in [0.3, 0.4) is 0 Å². The van der Waals surface area contributed by atoms with Crippen LogP contribution in [0.4, 0.5) is 0 Å². The van der Waals surface area contributed by atoms with Crippen molar-refractivity contribution in [1.29, 1.82) is 0 Å². The highest BCUT2D eigenvalue weighted by Crippen LogP contribution is 2.33. The van der Waals surface area contributed by atoms with Gasteiger partial charge in [0, 0.05) is 30.3 Å². The van der Waals surface area contributed by atoms with Crippen LogP contribution in [0.2, 0.25) is 0 Å². The van der Waals surface area contributed by atoms with Crippen molar-refractivity contribution >= 4 is 10.9 Å². The summed E-state index contributed by atoms with van der Waals surface area (Å²) in [6.07, 6.45) is 6.95. The third kappa shape index (κ3) is 5.85. The number of nitrogens with zero attached hydrogens (tertiary/aromatic N) is 4. The fourth-order valence-electron chi connectivity index (χ4n) is 4.60. The number of aromatic nitrogens is 3. The summed E-state index contributed by atoms with van der Waals surface area (Å²) in [7, 11) is 1.64. The molecule has 2 N–H and O–H groups in total. The van der Waals surface area contributed by atoms with Crippen molar-refractivity contribution < 1.29 is 14.9 Å². The third-order valence-electron chi connectivity index (χ3n) is 6.48. The number of ether oxygens (including phenoxy) is 1. The first kappa shape index (κ1) is 23.1. The molecule has 0 radical (unpaired) electrons. The van der Waals surface area contributed by atoms with Gasteiger partial charge in [-0.1, -0.05) is 11.8 Å². The average Bonchev–Trinajstić information content (AvgIpc) is 2.87. The number of rotatable bonds is 7. The Morgan fingerprint density at radius 3 is 2.88 bits per heavy atom. The lowest BCUT2D eigenvalue weighted by Gasteiger charge is -2.37. The first-order valence-electron chi connectivity index (χ1n) is 11.4. The van der Waals surface area contributed by atoms with Crippen LogP contribution < -0.4 is 4.74 Å². The zero-order valence-electron chi connectivity index (χ0n) is 18.9. The minimum absolute atomic E-state index is 0.147. The lowest BCUT2D eigenvalue weighted by Crippen LogP contribution is -2.42. The van der Waals surface area contributed by atoms with E-state index in [4.69, 9.17) is 4.74 Å². The Morgan fingerprint density at radius 2 is 2.09 bits per heavy atom. The van der Waals surface area contributed by atoms with E-state index in [1.54, 1.807) is 25.7 Å². The summed E-state index contributed by atoms with van der Waals surface area (Å²) in [5.41, 5.74) is 2.57. The van der Waals surface area contributed by atoms with Gasteiger partial charge in [0.1, 0.15) is 5.75 Å². The summed E-state index contributed by atoms with van der Waals surface area (Å²) < 4.78 is 5.35. The van der Waals surface area contributed by atoms with Gasteiger partial charge in [-0.15, -0.1) is 0 Å². The fraction of sp³-hybridized carbons (Fsp3) is 0.423. The first-order valence-corrected chi connectivity index (χ1v) is 11.4. The molecule has 1 fully saturated rings. The van der Waals surface area contributed by atoms with Gasteiger partial charge in [0.05, 0.1) is 37.7 Å². The van der Waals surface area contributed by atoms with Gasteiger partial charge in [-0.05, 0) is 73.5 Å². The molecule has 1 saturated heterocycles. The molecule has 3 heterocycles. The summed E-state index contributed by atoms with van der Waals surface area (Å²) in [6.45, 7) is 2.57. The topological polar surface area (TPSA) is 91.6 Å². The molecule has 1 aliphatic rings. The Hall–Kier alpha value is -3.05. The van der Waals surface area contributed by atoms with Gasteiger partial charge >= 0.3 is 0 Å². The maximum absolute atomic E-state index is 11.0. The van der Waals surface area contributed by atoms with Crippen molar-refractivity contribution in [3.05, 3.63) is 60.0 Å². The van der Waals surface area contributed by atoms with Crippen molar-refractivity contribution in [3.63, 3.8) is 0 Å². The van der Waals surface area contributed by atoms with Crippen LogP contribution in [0.1, 0.15) is 36.5 Å². The number of piperidine rings is 1. The van der Waals surface area contributed by atoms with Gasteiger partial charge in [-0.25, -0.2) is 0 Å². The molecule has 0 bridgehead atoms. The van der Waals surface area contributed by atoms with E-state index in [2.05, 4.69) is 31.9 Å². The molecule has 7 nitrogen and oxygen atoms in total. The van der Waals surface area contributed by atoms with E-state index in [1.165, 1.54) is 0 Å². The number of methoxy groups -OCH3 is 1. The minimum atomic E-state index is -0.584. The first-order chi connectivity index (χ1) is 16.2. The Morgan fingerprint density at radius 1 is 1.18 bits per heavy atom. The minimum Gasteiger partial charge on any atom is -0.497 e. The molecule has 0 spiro atoms. The molecule has 0 aliphatic carbocycles. The number of hydrogen-bond donors (Lipinski definition) is 2. The third-order valence-corrected chi connectivity index (χ3v) is 6.48. The number of aliphatic hydroxyl groups is 2. The van der Waals surface area contributed by atoms with Gasteiger partial charge < -0.3 is 14.9 Å². The van der Waals surface area contributed by atoms with Crippen LogP contribution in [-0.2, 0) is 0 Å². The normalized spacial score (nSPS) is 19.6. The predicted octanol–water partition coefficient (Wildman–Crippen LogP) is 2.83. The molecule has 0 unspecified atom stereocenters. The van der Waals surface area contributed by atoms with Gasteiger partial charge in [0.15, 0.2) is 0 Å². The molecule has 1 aliphatic heterocycles. The summed E-state index contributed by atoms with van der Waals surface area (Å²) in [4.78, 5) is 6.69. The van der Waals surface area contributed by atoms with E-state index in [-0.39, 0.29) is 12.5 Å². The molecule has 1 aromatic carbocycles. The van der Waals surface area contributed by atoms with E-state index >= 15 is 0 Å². The van der Waals surface area contributed by atoms with Gasteiger partial charge in [-0.3, -0.25) is 9.88 Å². The molecule has 4 rings (SSSR count). The van der Waals surface area contributed by atoms with Crippen molar-refractivity contribution in [3.8, 4) is 17.6 Å². The molecule has 7 heteroatoms. The predicted molar refractivity (Wildman–Crippen MR) is 127 cm³/mol. The molecule has 33 heavy (non-hydrogen) atoms. The molecule has 2 aromatic heterocycles. The summed E-state index contributed by atoms with van der Waals surface area (Å²) in [5.74, 6) is 7.62. The van der Waals surface area contributed by atoms with E-state index in [1.807, 2.05) is 30.3 Å². The molecular formula is C26H30N4O3. The number of aliphatic hydroxyl groups excluding tert-OH is 2. The second-order valence-corrected chi connectivity index (χ2v) is 8.54. The van der Waals surface area contributed by atoms with Gasteiger partial charge in [-0.2, -0.15) is 10.2 Å². The van der Waals surface area contributed by atoms with Crippen LogP contribution >= 0.6 is 0 Å². The molecule has 3 aromatic rings. The smallest absolute Gasteiger partial charge is 0.119 e. The molecule has 0 amide bonds. The van der Waals surface area contributed by atoms with Crippen LogP contribution in [0.15, 0.2) is 48.9 Å². The SMILES string of the molecule is COc1ccc2nccc([C@@H](O)CC[C@@H]3CCN(CC#Cc4ccnnc4)C[C@@H]3CO)c2c1. The number of hydrogen-bond acceptors (Lipinski definition) is 7. The maximum Gasteiger partial charge on any atom is 0.119 e. The Labute approximate surface area is 194 Å². The van der Waals surface area contributed by atoms with Crippen molar-refractivity contribution in [2.24, 2.45) is 11.8 Å². The van der Waals surface area contributed by atoms with Crippen LogP contribution in [0, 0.1) is 23.7 Å². The molecular weight excluding hydrogens is 416 g/mol. The zero-order valence-corrected chi connectivity index (χ0v) is 18.9. The number of likely N-dealkylation sites (tertiary alicyclic amines) is 1. The second kappa shape index (κ2) is 11.2. The van der Waals surface area contributed by atoms with Gasteiger partial charge in [0.2, 0.25) is 0 Å². The number of pyridine rings is 1. The standard InChI is InChI=1S/C26H30N4O3/c1-33-22-5-6-25-24(15-22)23(9-11-27-25)26(32)7-4-20-10-14-30(17-21(20)18-31)13-2-3-19-8-12-28-29-16-19/h5-6,8-9,11-12,15-16,20-21,26,31-32H,4,7,10,13-14,17-18H2,1H3/t20-,21-,26+/m1/s1. The van der Waals surface area contributed by atoms with Crippen molar-refractivity contribution in [2.75, 3.05) is 33.4 Å². The average molecular weight is 447 g/mol. The highest BCUT2D eigenvalue weighted by molar-refractivity contribution is 5.83. The highest BCUT2D eigenvalue weighted by atomic mass is 16.5. The molecule has 0 saturated carbocycles. The van der Waals surface area contributed by atoms with E-state index < -0.39 is 6.10 Å². The Bertz CT molecular complexity index is 1110. The Kier molecular flexibility index (Phi) is 7.84. The lowest BCUT2D eigenvalue weighted by molar-refractivity contribution is 0.0640.